The number of hydrogen-bond donors (Lipinski definition) is 11. The Morgan fingerprint density at radius 3 is 1.53 bits per heavy atom. The molecule has 0 spiro atoms. The van der Waals surface area contributed by atoms with Crippen molar-refractivity contribution in [3.05, 3.63) is 0 Å². The highest BCUT2D eigenvalue weighted by Crippen LogP contribution is 2.11. The molecule has 0 aromatic rings. The van der Waals surface area contributed by atoms with Crippen LogP contribution < -0.4 is 0 Å². The lowest BCUT2D eigenvalue weighted by atomic mass is 10.1. The van der Waals surface area contributed by atoms with Crippen LogP contribution in [0.3, 0.4) is 0 Å². The minimum atomic E-state index is -2.34. The molecule has 0 aromatic heterocycles. The third-order valence-electron chi connectivity index (χ3n) is 7.84. The maximum absolute atomic E-state index is 13.1. The summed E-state index contributed by atoms with van der Waals surface area (Å²) in [6.45, 7) is -2.72. The van der Waals surface area contributed by atoms with E-state index in [-0.39, 0.29) is 65.5 Å². The summed E-state index contributed by atoms with van der Waals surface area (Å²) in [6.07, 6.45) is -8.18. The molecule has 6 atom stereocenters. The summed E-state index contributed by atoms with van der Waals surface area (Å²) < 4.78 is 0. The second kappa shape index (κ2) is 20.9. The monoisotopic (exact) mass is 659 g/mol. The predicted octanol–water partition coefficient (Wildman–Crippen LogP) is -7.20. The molecule has 1 amide bonds. The van der Waals surface area contributed by atoms with Gasteiger partial charge in [-0.25, -0.2) is 4.89 Å². The van der Waals surface area contributed by atoms with Crippen LogP contribution in [0.25, 0.3) is 0 Å². The SMILES string of the molecule is CN(CC(O)C(O)C(O)C(O)O)C(=O)CN1CCN(C(CO)C(=O)O)CCN(C(CO)COO)CCN(C(CO)C(=O)O)CC1. The summed E-state index contributed by atoms with van der Waals surface area (Å²) in [5.74, 6) is -3.21. The lowest BCUT2D eigenvalue weighted by Crippen LogP contribution is -2.56. The first-order chi connectivity index (χ1) is 21.2. The number of aliphatic hydroxyl groups excluding tert-OH is 7. The largest absolute Gasteiger partial charge is 0.480 e. The van der Waals surface area contributed by atoms with E-state index in [1.807, 2.05) is 0 Å². The second-order valence-electron chi connectivity index (χ2n) is 10.8. The molecule has 1 heterocycles. The van der Waals surface area contributed by atoms with E-state index in [1.54, 1.807) is 9.80 Å². The van der Waals surface area contributed by atoms with E-state index >= 15 is 0 Å². The van der Waals surface area contributed by atoms with Crippen molar-refractivity contribution in [1.29, 1.82) is 0 Å². The molecule has 45 heavy (non-hydrogen) atoms. The van der Waals surface area contributed by atoms with E-state index < -0.39 is 86.9 Å². The number of aliphatic hydroxyl groups is 8. The van der Waals surface area contributed by atoms with Crippen molar-refractivity contribution in [2.75, 3.05) is 98.9 Å². The molecule has 1 aliphatic rings. The van der Waals surface area contributed by atoms with Crippen LogP contribution in [0, 0.1) is 0 Å². The molecule has 1 saturated heterocycles. The Labute approximate surface area is 260 Å². The Hall–Kier alpha value is -2.15. The summed E-state index contributed by atoms with van der Waals surface area (Å²) in [7, 11) is 1.29. The van der Waals surface area contributed by atoms with Crippen molar-refractivity contribution in [2.45, 2.75) is 42.7 Å². The van der Waals surface area contributed by atoms with Crippen molar-refractivity contribution in [1.82, 2.24) is 24.5 Å². The number of hydrogen-bond acceptors (Lipinski definition) is 17. The number of carboxylic acid groups (broad SMARTS) is 2. The third-order valence-corrected chi connectivity index (χ3v) is 7.84. The summed E-state index contributed by atoms with van der Waals surface area (Å²) in [4.78, 5) is 48.3. The van der Waals surface area contributed by atoms with E-state index in [9.17, 15) is 55.2 Å². The smallest absolute Gasteiger partial charge is 0.323 e. The molecule has 1 aliphatic heterocycles. The summed E-state index contributed by atoms with van der Waals surface area (Å²) >= 11 is 0. The van der Waals surface area contributed by atoms with Crippen LogP contribution in [0.2, 0.25) is 0 Å². The lowest BCUT2D eigenvalue weighted by Gasteiger charge is -2.38. The molecule has 0 bridgehead atoms. The summed E-state index contributed by atoms with van der Waals surface area (Å²) in [5, 5.41) is 106. The Morgan fingerprint density at radius 1 is 0.711 bits per heavy atom. The van der Waals surface area contributed by atoms with Gasteiger partial charge in [-0.1, -0.05) is 0 Å². The van der Waals surface area contributed by atoms with Crippen molar-refractivity contribution < 1.29 is 75.6 Å². The second-order valence-corrected chi connectivity index (χ2v) is 10.8. The van der Waals surface area contributed by atoms with E-state index in [0.29, 0.717) is 0 Å². The van der Waals surface area contributed by atoms with Gasteiger partial charge in [0, 0.05) is 66.0 Å². The highest BCUT2D eigenvalue weighted by atomic mass is 17.1. The zero-order valence-corrected chi connectivity index (χ0v) is 25.2. The van der Waals surface area contributed by atoms with Gasteiger partial charge in [-0.05, 0) is 0 Å². The molecule has 6 unspecified atom stereocenters. The van der Waals surface area contributed by atoms with E-state index in [2.05, 4.69) is 4.89 Å². The minimum Gasteiger partial charge on any atom is -0.480 e. The average molecular weight is 660 g/mol. The predicted molar refractivity (Wildman–Crippen MR) is 152 cm³/mol. The molecule has 20 nitrogen and oxygen atoms in total. The first-order valence-corrected chi connectivity index (χ1v) is 14.4. The number of likely N-dealkylation sites (N-methyl/N-ethyl adjacent to an activating group) is 1. The first kappa shape index (κ1) is 40.9. The fourth-order valence-electron chi connectivity index (χ4n) is 4.91. The quantitative estimate of drug-likeness (QED) is 0.0392. The van der Waals surface area contributed by atoms with Gasteiger partial charge in [0.15, 0.2) is 6.29 Å². The Bertz CT molecular complexity index is 852. The van der Waals surface area contributed by atoms with E-state index in [4.69, 9.17) is 15.5 Å². The van der Waals surface area contributed by atoms with Gasteiger partial charge < -0.3 is 56.0 Å². The average Bonchev–Trinajstić information content (AvgIpc) is 2.98. The molecule has 11 N–H and O–H groups in total. The molecule has 1 rings (SSSR count). The number of amides is 1. The van der Waals surface area contributed by atoms with Crippen molar-refractivity contribution in [2.24, 2.45) is 0 Å². The summed E-state index contributed by atoms with van der Waals surface area (Å²) in [5.41, 5.74) is 0. The zero-order chi connectivity index (χ0) is 34.3. The van der Waals surface area contributed by atoms with Gasteiger partial charge >= 0.3 is 11.9 Å². The molecule has 0 aliphatic carbocycles. The number of rotatable bonds is 17. The highest BCUT2D eigenvalue weighted by Gasteiger charge is 2.33. The van der Waals surface area contributed by atoms with Crippen LogP contribution in [0.5, 0.6) is 0 Å². The number of carboxylic acids is 2. The molecular formula is C25H49N5O15. The Kier molecular flexibility index (Phi) is 19.0. The van der Waals surface area contributed by atoms with E-state index in [1.165, 1.54) is 16.8 Å². The maximum atomic E-state index is 13.1. The van der Waals surface area contributed by atoms with Gasteiger partial charge in [0.1, 0.15) is 30.4 Å². The molecule has 0 radical (unpaired) electrons. The third kappa shape index (κ3) is 13.2. The number of carbonyl (C=O) groups excluding carboxylic acids is 1. The van der Waals surface area contributed by atoms with Crippen LogP contribution in [0.15, 0.2) is 0 Å². The van der Waals surface area contributed by atoms with Crippen LogP contribution in [0.4, 0.5) is 0 Å². The number of carbonyl (C=O) groups is 3. The number of aliphatic carboxylic acids is 2. The number of nitrogens with zero attached hydrogens (tertiary/aromatic N) is 5. The van der Waals surface area contributed by atoms with Gasteiger partial charge in [0.05, 0.1) is 39.0 Å². The standard InChI is InChI=1S/C25H49N5O15/c1-26(10-19(34)21(36)22(37)25(42)43)20(35)11-27-2-4-29(17(13-32)23(38)39)8-6-28(16(12-31)15-45-44)7-9-30(5-3-27)18(14-33)24(40)41/h16-19,21-22,25,31-34,36-37,42-44H,2-15H2,1H3,(H,38,39)(H,40,41). The zero-order valence-electron chi connectivity index (χ0n) is 25.2. The van der Waals surface area contributed by atoms with Gasteiger partial charge in [-0.2, -0.15) is 0 Å². The topological polar surface area (TPSA) is 299 Å². The lowest BCUT2D eigenvalue weighted by molar-refractivity contribution is -0.254. The molecule has 0 aromatic carbocycles. The Balaban J connectivity index is 3.28. The van der Waals surface area contributed by atoms with Crippen molar-refractivity contribution in [3.8, 4) is 0 Å². The first-order valence-electron chi connectivity index (χ1n) is 14.4. The highest BCUT2D eigenvalue weighted by molar-refractivity contribution is 5.78. The summed E-state index contributed by atoms with van der Waals surface area (Å²) in [6, 6.07) is -3.41. The maximum Gasteiger partial charge on any atom is 0.323 e. The molecule has 264 valence electrons. The normalized spacial score (nSPS) is 21.2. The van der Waals surface area contributed by atoms with Crippen LogP contribution in [-0.4, -0.2) is 240 Å². The van der Waals surface area contributed by atoms with Gasteiger partial charge in [-0.15, -0.1) is 0 Å². The molecule has 0 saturated carbocycles. The van der Waals surface area contributed by atoms with Crippen molar-refractivity contribution >= 4 is 17.8 Å². The minimum absolute atomic E-state index is 0.00688. The molecular weight excluding hydrogens is 610 g/mol. The van der Waals surface area contributed by atoms with Gasteiger partial charge in [-0.3, -0.25) is 39.2 Å². The fourth-order valence-corrected chi connectivity index (χ4v) is 4.91. The van der Waals surface area contributed by atoms with E-state index in [0.717, 1.165) is 4.90 Å². The van der Waals surface area contributed by atoms with Crippen LogP contribution in [-0.2, 0) is 19.3 Å². The van der Waals surface area contributed by atoms with Gasteiger partial charge in [0.25, 0.3) is 0 Å². The van der Waals surface area contributed by atoms with Crippen molar-refractivity contribution in [3.63, 3.8) is 0 Å². The van der Waals surface area contributed by atoms with Crippen LogP contribution in [0.1, 0.15) is 0 Å². The molecule has 1 fully saturated rings. The fraction of sp³-hybridized carbons (Fsp3) is 0.880. The van der Waals surface area contributed by atoms with Crippen LogP contribution >= 0.6 is 0 Å². The van der Waals surface area contributed by atoms with Gasteiger partial charge in [0.2, 0.25) is 5.91 Å². The Morgan fingerprint density at radius 2 is 1.16 bits per heavy atom. The molecule has 20 heteroatoms.